The molecule has 0 spiro atoms. The largest absolute Gasteiger partial charge is 0.287 e. The minimum absolute atomic E-state index is 0.00472. The minimum Gasteiger partial charge on any atom is -0.287 e. The van der Waals surface area contributed by atoms with E-state index in [2.05, 4.69) is 4.98 Å². The standard InChI is InChI=1S/C15H15NO/c1-10-6-4-8-13(12(10)3)15(17)14-9-5-7-11(2)16-14/h4-9H,1-3H3. The molecule has 2 rings (SSSR count). The Kier molecular flexibility index (Phi) is 3.05. The molecule has 1 aromatic carbocycles. The first-order chi connectivity index (χ1) is 8.09. The maximum Gasteiger partial charge on any atom is 0.211 e. The van der Waals surface area contributed by atoms with Crippen LogP contribution in [0.1, 0.15) is 32.9 Å². The van der Waals surface area contributed by atoms with Gasteiger partial charge in [0.25, 0.3) is 0 Å². The number of hydrogen-bond donors (Lipinski definition) is 0. The monoisotopic (exact) mass is 225 g/mol. The van der Waals surface area contributed by atoms with Gasteiger partial charge in [-0.1, -0.05) is 24.3 Å². The lowest BCUT2D eigenvalue weighted by atomic mass is 9.98. The molecule has 0 aliphatic rings. The highest BCUT2D eigenvalue weighted by Gasteiger charge is 2.13. The maximum absolute atomic E-state index is 12.3. The molecule has 17 heavy (non-hydrogen) atoms. The second kappa shape index (κ2) is 4.50. The van der Waals surface area contributed by atoms with Gasteiger partial charge in [0.1, 0.15) is 5.69 Å². The van der Waals surface area contributed by atoms with Crippen LogP contribution >= 0.6 is 0 Å². The van der Waals surface area contributed by atoms with Gasteiger partial charge in [0.05, 0.1) is 0 Å². The summed E-state index contributed by atoms with van der Waals surface area (Å²) in [5.41, 5.74) is 4.27. The number of carbonyl (C=O) groups is 1. The first kappa shape index (κ1) is 11.5. The van der Waals surface area contributed by atoms with Crippen LogP contribution in [0.25, 0.3) is 0 Å². The van der Waals surface area contributed by atoms with Crippen LogP contribution in [0.4, 0.5) is 0 Å². The van der Waals surface area contributed by atoms with Gasteiger partial charge in [-0.25, -0.2) is 4.98 Å². The van der Waals surface area contributed by atoms with Crippen molar-refractivity contribution in [1.29, 1.82) is 0 Å². The van der Waals surface area contributed by atoms with E-state index in [-0.39, 0.29) is 5.78 Å². The third-order valence-electron chi connectivity index (χ3n) is 2.97. The maximum atomic E-state index is 12.3. The molecule has 0 aliphatic heterocycles. The molecular formula is C15H15NO. The molecule has 2 nitrogen and oxygen atoms in total. The van der Waals surface area contributed by atoms with E-state index in [4.69, 9.17) is 0 Å². The zero-order chi connectivity index (χ0) is 12.4. The molecule has 1 aromatic heterocycles. The van der Waals surface area contributed by atoms with Crippen LogP contribution in [0.5, 0.6) is 0 Å². The molecule has 0 amide bonds. The van der Waals surface area contributed by atoms with Crippen LogP contribution in [0.15, 0.2) is 36.4 Å². The topological polar surface area (TPSA) is 30.0 Å². The normalized spacial score (nSPS) is 10.3. The molecule has 0 N–H and O–H groups in total. The van der Waals surface area contributed by atoms with E-state index < -0.39 is 0 Å². The molecule has 0 aliphatic carbocycles. The van der Waals surface area contributed by atoms with E-state index >= 15 is 0 Å². The van der Waals surface area contributed by atoms with Crippen molar-refractivity contribution >= 4 is 5.78 Å². The fraction of sp³-hybridized carbons (Fsp3) is 0.200. The number of ketones is 1. The minimum atomic E-state index is -0.00472. The Bertz CT molecular complexity index is 573. The fourth-order valence-corrected chi connectivity index (χ4v) is 1.80. The Balaban J connectivity index is 2.48. The number of pyridine rings is 1. The van der Waals surface area contributed by atoms with Crippen LogP contribution in [-0.2, 0) is 0 Å². The summed E-state index contributed by atoms with van der Waals surface area (Å²) in [5.74, 6) is -0.00472. The Morgan fingerprint density at radius 3 is 2.41 bits per heavy atom. The van der Waals surface area contributed by atoms with Crippen LogP contribution in [0, 0.1) is 20.8 Å². The second-order valence-corrected chi connectivity index (χ2v) is 4.24. The highest BCUT2D eigenvalue weighted by atomic mass is 16.1. The quantitative estimate of drug-likeness (QED) is 0.734. The van der Waals surface area contributed by atoms with Gasteiger partial charge in [0.15, 0.2) is 0 Å². The molecule has 0 fully saturated rings. The van der Waals surface area contributed by atoms with Gasteiger partial charge in [-0.05, 0) is 44.0 Å². The summed E-state index contributed by atoms with van der Waals surface area (Å²) in [7, 11) is 0. The molecule has 0 bridgehead atoms. The summed E-state index contributed by atoms with van der Waals surface area (Å²) in [6, 6.07) is 11.3. The van der Waals surface area contributed by atoms with Crippen molar-refractivity contribution in [2.45, 2.75) is 20.8 Å². The summed E-state index contributed by atoms with van der Waals surface area (Å²) in [4.78, 5) is 16.6. The third kappa shape index (κ3) is 2.26. The van der Waals surface area contributed by atoms with Gasteiger partial charge in [-0.15, -0.1) is 0 Å². The molecular weight excluding hydrogens is 210 g/mol. The zero-order valence-corrected chi connectivity index (χ0v) is 10.3. The van der Waals surface area contributed by atoms with E-state index in [1.54, 1.807) is 6.07 Å². The highest BCUT2D eigenvalue weighted by molar-refractivity contribution is 6.08. The molecule has 2 heteroatoms. The fourth-order valence-electron chi connectivity index (χ4n) is 1.80. The Morgan fingerprint density at radius 1 is 1.00 bits per heavy atom. The van der Waals surface area contributed by atoms with Crippen molar-refractivity contribution in [2.75, 3.05) is 0 Å². The van der Waals surface area contributed by atoms with Crippen molar-refractivity contribution < 1.29 is 4.79 Å². The smallest absolute Gasteiger partial charge is 0.211 e. The number of aryl methyl sites for hydroxylation is 2. The van der Waals surface area contributed by atoms with E-state index in [1.807, 2.05) is 51.1 Å². The van der Waals surface area contributed by atoms with Crippen LogP contribution in [-0.4, -0.2) is 10.8 Å². The first-order valence-corrected chi connectivity index (χ1v) is 5.64. The van der Waals surface area contributed by atoms with Crippen molar-refractivity contribution in [1.82, 2.24) is 4.98 Å². The Morgan fingerprint density at radius 2 is 1.71 bits per heavy atom. The SMILES string of the molecule is Cc1cccc(C(=O)c2cccc(C)c2C)n1. The summed E-state index contributed by atoms with van der Waals surface area (Å²) in [5, 5.41) is 0. The van der Waals surface area contributed by atoms with Gasteiger partial charge >= 0.3 is 0 Å². The summed E-state index contributed by atoms with van der Waals surface area (Å²) in [6.07, 6.45) is 0. The van der Waals surface area contributed by atoms with Crippen LogP contribution in [0.3, 0.4) is 0 Å². The molecule has 0 saturated heterocycles. The molecule has 86 valence electrons. The van der Waals surface area contributed by atoms with E-state index in [1.165, 1.54) is 0 Å². The lowest BCUT2D eigenvalue weighted by Crippen LogP contribution is -2.07. The number of benzene rings is 1. The number of hydrogen-bond acceptors (Lipinski definition) is 2. The van der Waals surface area contributed by atoms with E-state index in [9.17, 15) is 4.79 Å². The number of rotatable bonds is 2. The predicted molar refractivity (Wildman–Crippen MR) is 68.3 cm³/mol. The van der Waals surface area contributed by atoms with Crippen molar-refractivity contribution in [3.8, 4) is 0 Å². The first-order valence-electron chi connectivity index (χ1n) is 5.64. The number of carbonyl (C=O) groups excluding carboxylic acids is 1. The van der Waals surface area contributed by atoms with E-state index in [0.29, 0.717) is 5.69 Å². The van der Waals surface area contributed by atoms with Gasteiger partial charge in [-0.3, -0.25) is 4.79 Å². The number of nitrogens with zero attached hydrogens (tertiary/aromatic N) is 1. The van der Waals surface area contributed by atoms with Crippen LogP contribution in [0.2, 0.25) is 0 Å². The molecule has 0 atom stereocenters. The molecule has 0 radical (unpaired) electrons. The second-order valence-electron chi connectivity index (χ2n) is 4.24. The average Bonchev–Trinajstić information content (AvgIpc) is 2.32. The lowest BCUT2D eigenvalue weighted by Gasteiger charge is -2.07. The molecule has 2 aromatic rings. The van der Waals surface area contributed by atoms with Gasteiger partial charge in [0.2, 0.25) is 5.78 Å². The lowest BCUT2D eigenvalue weighted by molar-refractivity contribution is 0.103. The summed E-state index contributed by atoms with van der Waals surface area (Å²) < 4.78 is 0. The highest BCUT2D eigenvalue weighted by Crippen LogP contribution is 2.16. The number of aromatic nitrogens is 1. The molecule has 0 saturated carbocycles. The van der Waals surface area contributed by atoms with Gasteiger partial charge in [0, 0.05) is 11.3 Å². The van der Waals surface area contributed by atoms with Gasteiger partial charge < -0.3 is 0 Å². The Labute approximate surface area is 101 Å². The summed E-state index contributed by atoms with van der Waals surface area (Å²) in [6.45, 7) is 5.87. The van der Waals surface area contributed by atoms with E-state index in [0.717, 1.165) is 22.4 Å². The van der Waals surface area contributed by atoms with Crippen molar-refractivity contribution in [3.63, 3.8) is 0 Å². The Hall–Kier alpha value is -1.96. The van der Waals surface area contributed by atoms with Crippen LogP contribution < -0.4 is 0 Å². The van der Waals surface area contributed by atoms with Crippen molar-refractivity contribution in [2.24, 2.45) is 0 Å². The molecule has 1 heterocycles. The van der Waals surface area contributed by atoms with Gasteiger partial charge in [-0.2, -0.15) is 0 Å². The predicted octanol–water partition coefficient (Wildman–Crippen LogP) is 3.24. The molecule has 0 unspecified atom stereocenters. The third-order valence-corrected chi connectivity index (χ3v) is 2.97. The zero-order valence-electron chi connectivity index (χ0n) is 10.3. The summed E-state index contributed by atoms with van der Waals surface area (Å²) >= 11 is 0. The van der Waals surface area contributed by atoms with Crippen molar-refractivity contribution in [3.05, 3.63) is 64.5 Å². The average molecular weight is 225 g/mol.